The molecule has 0 radical (unpaired) electrons. The average molecular weight is 414 g/mol. The number of nitrogens with zero attached hydrogens (tertiary/aromatic N) is 2. The predicted molar refractivity (Wildman–Crippen MR) is 116 cm³/mol. The number of amides is 2. The van der Waals surface area contributed by atoms with Crippen molar-refractivity contribution in [3.8, 4) is 0 Å². The van der Waals surface area contributed by atoms with Gasteiger partial charge < -0.3 is 5.32 Å². The molecular weight excluding hydrogens is 386 g/mol. The predicted octanol–water partition coefficient (Wildman–Crippen LogP) is 4.46. The number of hydrogen-bond donors (Lipinski definition) is 1. The third kappa shape index (κ3) is 5.15. The third-order valence-electron chi connectivity index (χ3n) is 5.61. The molecule has 1 aromatic carbocycles. The van der Waals surface area contributed by atoms with Crippen LogP contribution in [0.2, 0.25) is 0 Å². The lowest BCUT2D eigenvalue weighted by Crippen LogP contribution is -2.47. The average Bonchev–Trinajstić information content (AvgIpc) is 2.74. The number of benzene rings is 1. The monoisotopic (exact) mass is 413 g/mol. The first kappa shape index (κ1) is 21.3. The quantitative estimate of drug-likeness (QED) is 0.711. The summed E-state index contributed by atoms with van der Waals surface area (Å²) in [7, 11) is 0. The molecule has 2 amide bonds. The highest BCUT2D eigenvalue weighted by Crippen LogP contribution is 2.30. The Morgan fingerprint density at radius 2 is 1.93 bits per heavy atom. The molecule has 1 aliphatic carbocycles. The summed E-state index contributed by atoms with van der Waals surface area (Å²) < 4.78 is 0. The minimum absolute atomic E-state index is 0.142. The fraction of sp³-hybridized carbons (Fsp3) is 0.435. The highest BCUT2D eigenvalue weighted by Gasteiger charge is 2.34. The number of aryl methyl sites for hydroxylation is 2. The summed E-state index contributed by atoms with van der Waals surface area (Å²) in [6.45, 7) is 4.00. The van der Waals surface area contributed by atoms with Gasteiger partial charge in [-0.3, -0.25) is 19.5 Å². The highest BCUT2D eigenvalue weighted by atomic mass is 35.5. The molecule has 1 N–H and O–H groups in total. The fourth-order valence-electron chi connectivity index (χ4n) is 3.86. The van der Waals surface area contributed by atoms with E-state index in [-0.39, 0.29) is 23.7 Å². The van der Waals surface area contributed by atoms with Crippen molar-refractivity contribution in [3.63, 3.8) is 0 Å². The summed E-state index contributed by atoms with van der Waals surface area (Å²) in [6, 6.07) is 8.68. The normalized spacial score (nSPS) is 15.6. The summed E-state index contributed by atoms with van der Waals surface area (Å²) in [5.74, 6) is -0.718. The smallest absolute Gasteiger partial charge is 0.248 e. The number of pyridine rings is 1. The van der Waals surface area contributed by atoms with E-state index >= 15 is 0 Å². The largest absolute Gasteiger partial charge is 0.351 e. The van der Waals surface area contributed by atoms with Crippen LogP contribution in [-0.2, 0) is 9.59 Å². The molecule has 154 valence electrons. The van der Waals surface area contributed by atoms with Gasteiger partial charge in [0.05, 0.1) is 0 Å². The Morgan fingerprint density at radius 3 is 2.55 bits per heavy atom. The first-order chi connectivity index (χ1) is 14.0. The molecule has 1 heterocycles. The molecule has 1 fully saturated rings. The van der Waals surface area contributed by atoms with Crippen LogP contribution < -0.4 is 10.2 Å². The maximum Gasteiger partial charge on any atom is 0.248 e. The molecular formula is C23H28ClN3O2. The van der Waals surface area contributed by atoms with Crippen LogP contribution in [0.1, 0.15) is 54.8 Å². The summed E-state index contributed by atoms with van der Waals surface area (Å²) in [6.07, 6.45) is 8.67. The first-order valence-corrected chi connectivity index (χ1v) is 10.7. The van der Waals surface area contributed by atoms with Crippen LogP contribution in [0.4, 0.5) is 5.69 Å². The zero-order chi connectivity index (χ0) is 20.8. The van der Waals surface area contributed by atoms with Crippen LogP contribution >= 0.6 is 11.6 Å². The molecule has 5 nitrogen and oxygen atoms in total. The molecule has 0 saturated heterocycles. The first-order valence-electron chi connectivity index (χ1n) is 10.2. The Balaban J connectivity index is 2.01. The van der Waals surface area contributed by atoms with E-state index in [2.05, 4.69) is 10.3 Å². The topological polar surface area (TPSA) is 62.3 Å². The van der Waals surface area contributed by atoms with Gasteiger partial charge in [-0.25, -0.2) is 0 Å². The Morgan fingerprint density at radius 1 is 1.17 bits per heavy atom. The molecule has 1 aromatic heterocycles. The lowest BCUT2D eigenvalue weighted by molar-refractivity contribution is -0.126. The van der Waals surface area contributed by atoms with E-state index in [0.29, 0.717) is 11.3 Å². The van der Waals surface area contributed by atoms with Crippen molar-refractivity contribution < 1.29 is 9.59 Å². The number of alkyl halides is 1. The molecule has 2 aromatic rings. The van der Waals surface area contributed by atoms with Crippen molar-refractivity contribution in [2.24, 2.45) is 0 Å². The van der Waals surface area contributed by atoms with E-state index < -0.39 is 6.04 Å². The molecule has 0 aliphatic heterocycles. The van der Waals surface area contributed by atoms with Crippen LogP contribution in [0.5, 0.6) is 0 Å². The van der Waals surface area contributed by atoms with Gasteiger partial charge in [-0.2, -0.15) is 0 Å². The van der Waals surface area contributed by atoms with Gasteiger partial charge in [0.1, 0.15) is 11.9 Å². The van der Waals surface area contributed by atoms with E-state index in [9.17, 15) is 9.59 Å². The van der Waals surface area contributed by atoms with Gasteiger partial charge in [-0.05, 0) is 56.0 Å². The molecule has 0 bridgehead atoms. The number of carbonyl (C=O) groups is 2. The molecule has 1 aliphatic rings. The van der Waals surface area contributed by atoms with Gasteiger partial charge in [0.15, 0.2) is 0 Å². The molecule has 1 atom stereocenters. The lowest BCUT2D eigenvalue weighted by atomic mass is 9.94. The zero-order valence-corrected chi connectivity index (χ0v) is 17.8. The zero-order valence-electron chi connectivity index (χ0n) is 17.0. The molecule has 1 unspecified atom stereocenters. The highest BCUT2D eigenvalue weighted by molar-refractivity contribution is 6.29. The maximum absolute atomic E-state index is 13.4. The van der Waals surface area contributed by atoms with Crippen LogP contribution in [0.3, 0.4) is 0 Å². The third-order valence-corrected chi connectivity index (χ3v) is 5.84. The Labute approximate surface area is 177 Å². The minimum atomic E-state index is -0.820. The van der Waals surface area contributed by atoms with Gasteiger partial charge in [0.25, 0.3) is 0 Å². The molecule has 29 heavy (non-hydrogen) atoms. The second kappa shape index (κ2) is 9.88. The standard InChI is InChI=1S/C23H28ClN3O2/c1-16-10-11-20(13-17(16)2)27(21(28)14-24)22(18-7-6-12-25-15-18)23(29)26-19-8-4-3-5-9-19/h6-7,10-13,15,19,22H,3-5,8-9,14H2,1-2H3,(H,26,29). The van der Waals surface area contributed by atoms with Crippen molar-refractivity contribution in [2.75, 3.05) is 10.8 Å². The van der Waals surface area contributed by atoms with Crippen molar-refractivity contribution in [2.45, 2.75) is 58.0 Å². The number of carbonyl (C=O) groups excluding carboxylic acids is 2. The van der Waals surface area contributed by atoms with E-state index in [1.807, 2.05) is 38.1 Å². The summed E-state index contributed by atoms with van der Waals surface area (Å²) in [5.41, 5.74) is 3.49. The summed E-state index contributed by atoms with van der Waals surface area (Å²) in [4.78, 5) is 32.0. The fourth-order valence-corrected chi connectivity index (χ4v) is 3.99. The number of rotatable bonds is 6. The number of nitrogens with one attached hydrogen (secondary N) is 1. The summed E-state index contributed by atoms with van der Waals surface area (Å²) >= 11 is 5.96. The Hall–Kier alpha value is -2.40. The van der Waals surface area contributed by atoms with Crippen molar-refractivity contribution in [1.82, 2.24) is 10.3 Å². The van der Waals surface area contributed by atoms with Gasteiger partial charge in [0.2, 0.25) is 11.8 Å². The lowest BCUT2D eigenvalue weighted by Gasteiger charge is -2.33. The second-order valence-corrected chi connectivity index (χ2v) is 7.97. The Kier molecular flexibility index (Phi) is 7.26. The van der Waals surface area contributed by atoms with Gasteiger partial charge >= 0.3 is 0 Å². The van der Waals surface area contributed by atoms with Crippen molar-refractivity contribution in [3.05, 3.63) is 59.4 Å². The van der Waals surface area contributed by atoms with E-state index in [0.717, 1.165) is 36.8 Å². The van der Waals surface area contributed by atoms with Crippen LogP contribution in [-0.4, -0.2) is 28.7 Å². The minimum Gasteiger partial charge on any atom is -0.351 e. The molecule has 0 spiro atoms. The number of aromatic nitrogens is 1. The number of halogens is 1. The Bertz CT molecular complexity index is 850. The van der Waals surface area contributed by atoms with Gasteiger partial charge in [-0.15, -0.1) is 11.6 Å². The second-order valence-electron chi connectivity index (χ2n) is 7.70. The van der Waals surface area contributed by atoms with Crippen LogP contribution in [0.15, 0.2) is 42.7 Å². The number of anilines is 1. The van der Waals surface area contributed by atoms with Crippen LogP contribution in [0.25, 0.3) is 0 Å². The van der Waals surface area contributed by atoms with Gasteiger partial charge in [0, 0.05) is 29.7 Å². The molecule has 3 rings (SSSR count). The molecule has 6 heteroatoms. The van der Waals surface area contributed by atoms with Crippen molar-refractivity contribution >= 4 is 29.1 Å². The van der Waals surface area contributed by atoms with Gasteiger partial charge in [-0.1, -0.05) is 31.4 Å². The maximum atomic E-state index is 13.4. The molecule has 1 saturated carbocycles. The SMILES string of the molecule is Cc1ccc(N(C(=O)CCl)C(C(=O)NC2CCCCC2)c2cccnc2)cc1C. The van der Waals surface area contributed by atoms with E-state index in [4.69, 9.17) is 11.6 Å². The number of hydrogen-bond acceptors (Lipinski definition) is 3. The van der Waals surface area contributed by atoms with Crippen LogP contribution in [0, 0.1) is 13.8 Å². The van der Waals surface area contributed by atoms with E-state index in [1.54, 1.807) is 18.5 Å². The van der Waals surface area contributed by atoms with E-state index in [1.165, 1.54) is 11.3 Å². The summed E-state index contributed by atoms with van der Waals surface area (Å²) in [5, 5.41) is 3.17. The van der Waals surface area contributed by atoms with Crippen molar-refractivity contribution in [1.29, 1.82) is 0 Å².